The van der Waals surface area contributed by atoms with E-state index in [1.54, 1.807) is 17.5 Å². The Labute approximate surface area is 158 Å². The predicted molar refractivity (Wildman–Crippen MR) is 91.7 cm³/mol. The Morgan fingerprint density at radius 2 is 1.88 bits per heavy atom. The van der Waals surface area contributed by atoms with Crippen molar-refractivity contribution in [2.24, 2.45) is 5.92 Å². The number of hydrogen-bond acceptors (Lipinski definition) is 4. The van der Waals surface area contributed by atoms with Crippen LogP contribution in [0, 0.1) is 5.92 Å². The van der Waals surface area contributed by atoms with Gasteiger partial charge in [-0.05, 0) is 29.1 Å². The van der Waals surface area contributed by atoms with Gasteiger partial charge in [0.25, 0.3) is 0 Å². The average molecular weight is 449 g/mol. The largest absolute Gasteiger partial charge is 0.437 e. The van der Waals surface area contributed by atoms with Gasteiger partial charge in [0, 0.05) is 4.47 Å². The maximum atomic E-state index is 13.7. The van der Waals surface area contributed by atoms with Gasteiger partial charge in [-0.1, -0.05) is 34.1 Å². The second-order valence-electron chi connectivity index (χ2n) is 5.71. The van der Waals surface area contributed by atoms with Crippen LogP contribution in [0.5, 0.6) is 0 Å². The fraction of sp³-hybridized carbons (Fsp3) is 0.250. The molecule has 10 heteroatoms. The summed E-state index contributed by atoms with van der Waals surface area (Å²) in [4.78, 5) is 24.7. The molecular formula is C16H12BrF3N2O3S. The van der Waals surface area contributed by atoms with Gasteiger partial charge in [0.05, 0.1) is 10.9 Å². The third-order valence-electron chi connectivity index (χ3n) is 4.08. The van der Waals surface area contributed by atoms with Gasteiger partial charge in [0.1, 0.15) is 5.92 Å². The topological polar surface area (TPSA) is 78.4 Å². The minimum Gasteiger partial charge on any atom is -0.363 e. The van der Waals surface area contributed by atoms with Crippen LogP contribution in [-0.2, 0) is 0 Å². The number of amides is 2. The summed E-state index contributed by atoms with van der Waals surface area (Å²) in [6.45, 7) is 0. The van der Waals surface area contributed by atoms with E-state index in [4.69, 9.17) is 0 Å². The van der Waals surface area contributed by atoms with E-state index < -0.39 is 35.7 Å². The number of urea groups is 1. The van der Waals surface area contributed by atoms with Crippen molar-refractivity contribution in [3.8, 4) is 0 Å². The number of nitrogens with one attached hydrogen (secondary N) is 2. The number of halogens is 4. The number of Topliss-reactive ketones (excluding diaryl/α,β-unsaturated/α-hetero) is 1. The first-order chi connectivity index (χ1) is 12.1. The number of thiophene rings is 1. The van der Waals surface area contributed by atoms with Crippen molar-refractivity contribution in [1.29, 1.82) is 0 Å². The smallest absolute Gasteiger partial charge is 0.363 e. The van der Waals surface area contributed by atoms with E-state index in [0.717, 1.165) is 11.3 Å². The summed E-state index contributed by atoms with van der Waals surface area (Å²) >= 11 is 4.18. The Balaban J connectivity index is 2.14. The number of alkyl halides is 3. The highest BCUT2D eigenvalue weighted by Crippen LogP contribution is 2.44. The number of ketones is 1. The first-order valence-electron chi connectivity index (χ1n) is 7.34. The van der Waals surface area contributed by atoms with Crippen LogP contribution in [-0.4, -0.2) is 28.8 Å². The molecule has 1 aliphatic heterocycles. The molecule has 1 aromatic heterocycles. The minimum atomic E-state index is -5.25. The van der Waals surface area contributed by atoms with E-state index >= 15 is 0 Å². The second-order valence-corrected chi connectivity index (χ2v) is 7.57. The van der Waals surface area contributed by atoms with E-state index in [2.05, 4.69) is 21.2 Å². The molecule has 0 saturated carbocycles. The molecular weight excluding hydrogens is 437 g/mol. The van der Waals surface area contributed by atoms with Crippen molar-refractivity contribution in [3.63, 3.8) is 0 Å². The molecule has 2 amide bonds. The Hall–Kier alpha value is -1.91. The number of aliphatic hydroxyl groups is 1. The second kappa shape index (κ2) is 6.67. The Bertz CT molecular complexity index is 826. The van der Waals surface area contributed by atoms with Gasteiger partial charge in [0.2, 0.25) is 5.72 Å². The summed E-state index contributed by atoms with van der Waals surface area (Å²) in [6, 6.07) is 6.42. The zero-order chi connectivity index (χ0) is 19.1. The van der Waals surface area contributed by atoms with E-state index in [0.29, 0.717) is 4.47 Å². The zero-order valence-electron chi connectivity index (χ0n) is 12.9. The molecule has 3 rings (SSSR count). The maximum Gasteiger partial charge on any atom is 0.437 e. The molecule has 0 bridgehead atoms. The third kappa shape index (κ3) is 3.24. The van der Waals surface area contributed by atoms with Crippen molar-refractivity contribution in [1.82, 2.24) is 10.6 Å². The van der Waals surface area contributed by atoms with E-state index in [9.17, 15) is 27.9 Å². The molecule has 26 heavy (non-hydrogen) atoms. The Morgan fingerprint density at radius 3 is 2.42 bits per heavy atom. The number of carbonyl (C=O) groups excluding carboxylic acids is 2. The fourth-order valence-electron chi connectivity index (χ4n) is 2.86. The van der Waals surface area contributed by atoms with Gasteiger partial charge < -0.3 is 15.7 Å². The molecule has 0 spiro atoms. The van der Waals surface area contributed by atoms with Gasteiger partial charge in [-0.25, -0.2) is 4.79 Å². The summed E-state index contributed by atoms with van der Waals surface area (Å²) in [5.41, 5.74) is -3.44. The average Bonchev–Trinajstić information content (AvgIpc) is 3.08. The van der Waals surface area contributed by atoms with Gasteiger partial charge in [0.15, 0.2) is 5.78 Å². The van der Waals surface area contributed by atoms with Gasteiger partial charge in [-0.15, -0.1) is 11.3 Å². The zero-order valence-corrected chi connectivity index (χ0v) is 15.3. The highest BCUT2D eigenvalue weighted by Gasteiger charge is 2.66. The van der Waals surface area contributed by atoms with E-state index in [-0.39, 0.29) is 10.4 Å². The Kier molecular flexibility index (Phi) is 4.84. The van der Waals surface area contributed by atoms with Crippen molar-refractivity contribution in [2.45, 2.75) is 17.9 Å². The first-order valence-corrected chi connectivity index (χ1v) is 9.02. The molecule has 2 heterocycles. The lowest BCUT2D eigenvalue weighted by atomic mass is 9.78. The molecule has 0 aliphatic carbocycles. The fourth-order valence-corrected chi connectivity index (χ4v) is 3.83. The standard InChI is InChI=1S/C16H12BrF3N2O3S/c17-9-5-3-8(4-6-9)12-11(13(23)10-2-1-7-26-10)15(25,16(18,19)20)22-14(24)21-12/h1-7,11-12,25H,(H2,21,22,24)/t11-,12-,15+/m0/s1. The van der Waals surface area contributed by atoms with Crippen LogP contribution in [0.2, 0.25) is 0 Å². The van der Waals surface area contributed by atoms with Gasteiger partial charge >= 0.3 is 12.2 Å². The summed E-state index contributed by atoms with van der Waals surface area (Å²) in [6.07, 6.45) is -5.25. The summed E-state index contributed by atoms with van der Waals surface area (Å²) < 4.78 is 41.6. The number of carbonyl (C=O) groups is 2. The predicted octanol–water partition coefficient (Wildman–Crippen LogP) is 3.61. The SMILES string of the molecule is O=C1N[C@@H](c2ccc(Br)cc2)[C@@H](C(=O)c2cccs2)[C@@](O)(C(F)(F)F)N1. The normalized spacial score (nSPS) is 26.1. The van der Waals surface area contributed by atoms with Crippen LogP contribution >= 0.6 is 27.3 Å². The molecule has 1 aliphatic rings. The van der Waals surface area contributed by atoms with Crippen molar-refractivity contribution in [3.05, 3.63) is 56.7 Å². The molecule has 1 fully saturated rings. The lowest BCUT2D eigenvalue weighted by Crippen LogP contribution is -2.72. The summed E-state index contributed by atoms with van der Waals surface area (Å²) in [5.74, 6) is -2.92. The number of hydrogen-bond donors (Lipinski definition) is 3. The summed E-state index contributed by atoms with van der Waals surface area (Å²) in [5, 5.41) is 15.7. The number of rotatable bonds is 3. The van der Waals surface area contributed by atoms with Crippen LogP contribution in [0.4, 0.5) is 18.0 Å². The lowest BCUT2D eigenvalue weighted by molar-refractivity contribution is -0.287. The van der Waals surface area contributed by atoms with Crippen LogP contribution < -0.4 is 10.6 Å². The monoisotopic (exact) mass is 448 g/mol. The lowest BCUT2D eigenvalue weighted by Gasteiger charge is -2.44. The maximum absolute atomic E-state index is 13.7. The van der Waals surface area contributed by atoms with Crippen molar-refractivity contribution in [2.75, 3.05) is 0 Å². The molecule has 3 atom stereocenters. The molecule has 0 radical (unpaired) electrons. The van der Waals surface area contributed by atoms with Crippen LogP contribution in [0.3, 0.4) is 0 Å². The first kappa shape index (κ1) is 18.9. The van der Waals surface area contributed by atoms with Crippen LogP contribution in [0.15, 0.2) is 46.3 Å². The van der Waals surface area contributed by atoms with Crippen LogP contribution in [0.1, 0.15) is 21.3 Å². The number of benzene rings is 1. The highest BCUT2D eigenvalue weighted by atomic mass is 79.9. The highest BCUT2D eigenvalue weighted by molar-refractivity contribution is 9.10. The van der Waals surface area contributed by atoms with E-state index in [1.165, 1.54) is 29.6 Å². The molecule has 0 unspecified atom stereocenters. The molecule has 5 nitrogen and oxygen atoms in total. The Morgan fingerprint density at radius 1 is 1.23 bits per heavy atom. The van der Waals surface area contributed by atoms with Gasteiger partial charge in [-0.2, -0.15) is 13.2 Å². The van der Waals surface area contributed by atoms with Crippen molar-refractivity contribution < 1.29 is 27.9 Å². The van der Waals surface area contributed by atoms with Crippen LogP contribution in [0.25, 0.3) is 0 Å². The minimum absolute atomic E-state index is 0.0535. The molecule has 1 saturated heterocycles. The third-order valence-corrected chi connectivity index (χ3v) is 5.49. The molecule has 1 aromatic carbocycles. The molecule has 138 valence electrons. The van der Waals surface area contributed by atoms with Crippen molar-refractivity contribution >= 4 is 39.1 Å². The molecule has 3 N–H and O–H groups in total. The summed E-state index contributed by atoms with van der Waals surface area (Å²) in [7, 11) is 0. The quantitative estimate of drug-likeness (QED) is 0.627. The van der Waals surface area contributed by atoms with E-state index in [1.807, 2.05) is 0 Å². The van der Waals surface area contributed by atoms with Gasteiger partial charge in [-0.3, -0.25) is 4.79 Å². The molecule has 2 aromatic rings.